The molecule has 0 aromatic carbocycles. The van der Waals surface area contributed by atoms with Crippen LogP contribution in [0.1, 0.15) is 25.7 Å². The second-order valence-electron chi connectivity index (χ2n) is 3.37. The number of nitrogens with zero attached hydrogens (tertiary/aromatic N) is 1. The molecule has 102 valence electrons. The normalized spacial score (nSPS) is 11.9. The van der Waals surface area contributed by atoms with Crippen molar-refractivity contribution in [2.24, 2.45) is 5.73 Å². The van der Waals surface area contributed by atoms with E-state index in [1.807, 2.05) is 0 Å². The number of unbranched alkanes of at least 4 members (excludes halogenated alkanes) is 3. The van der Waals surface area contributed by atoms with Crippen molar-refractivity contribution in [3.63, 3.8) is 0 Å². The first-order valence-corrected chi connectivity index (χ1v) is 6.16. The number of alkyl halides is 3. The monoisotopic (exact) mass is 274 g/mol. The molecule has 0 aromatic rings. The van der Waals surface area contributed by atoms with Gasteiger partial charge in [0.2, 0.25) is 0 Å². The Labute approximate surface area is 98.4 Å². The zero-order valence-electron chi connectivity index (χ0n) is 9.07. The van der Waals surface area contributed by atoms with Crippen molar-refractivity contribution in [1.29, 1.82) is 0 Å². The van der Waals surface area contributed by atoms with Crippen LogP contribution in [-0.2, 0) is 4.79 Å². The van der Waals surface area contributed by atoms with Gasteiger partial charge in [0.25, 0.3) is 0 Å². The van der Waals surface area contributed by atoms with Gasteiger partial charge in [-0.25, -0.2) is 0 Å². The lowest BCUT2D eigenvalue weighted by Gasteiger charge is -2.42. The SMILES string of the molecule is NCCCCCCN(C(=O)C(F)(F)F)P([O-])[O-]. The molecule has 0 aliphatic rings. The van der Waals surface area contributed by atoms with Crippen LogP contribution in [0.5, 0.6) is 0 Å². The van der Waals surface area contributed by atoms with Crippen LogP contribution in [0.3, 0.4) is 0 Å². The summed E-state index contributed by atoms with van der Waals surface area (Å²) < 4.78 is 35.9. The van der Waals surface area contributed by atoms with Gasteiger partial charge in [0.15, 0.2) is 0 Å². The van der Waals surface area contributed by atoms with Crippen molar-refractivity contribution in [2.75, 3.05) is 13.1 Å². The fourth-order valence-electron chi connectivity index (χ4n) is 1.16. The van der Waals surface area contributed by atoms with Gasteiger partial charge in [-0.05, 0) is 19.4 Å². The second-order valence-corrected chi connectivity index (χ2v) is 4.33. The average Bonchev–Trinajstić information content (AvgIpc) is 2.20. The number of hydrogen-bond donors (Lipinski definition) is 1. The van der Waals surface area contributed by atoms with E-state index in [2.05, 4.69) is 0 Å². The van der Waals surface area contributed by atoms with Crippen molar-refractivity contribution in [3.05, 3.63) is 0 Å². The standard InChI is InChI=1S/C8H14F3N2O3P/c9-8(10,11)7(14)13(17(15)16)6-4-2-1-3-5-12/h1-6,12H2/q-2. The first-order valence-electron chi connectivity index (χ1n) is 5.03. The largest absolute Gasteiger partial charge is 0.825 e. The van der Waals surface area contributed by atoms with Gasteiger partial charge in [0.1, 0.15) is 0 Å². The van der Waals surface area contributed by atoms with Crippen molar-refractivity contribution >= 4 is 14.4 Å². The summed E-state index contributed by atoms with van der Waals surface area (Å²) in [6, 6.07) is 0. The van der Waals surface area contributed by atoms with Crippen molar-refractivity contribution in [3.8, 4) is 0 Å². The molecule has 0 unspecified atom stereocenters. The van der Waals surface area contributed by atoms with E-state index in [0.29, 0.717) is 19.4 Å². The molecule has 5 nitrogen and oxygen atoms in total. The quantitative estimate of drug-likeness (QED) is 0.516. The molecule has 0 radical (unpaired) electrons. The number of rotatable bonds is 7. The number of nitrogens with two attached hydrogens (primary N) is 1. The summed E-state index contributed by atoms with van der Waals surface area (Å²) in [5.74, 6) is -2.34. The highest BCUT2D eigenvalue weighted by Crippen LogP contribution is 2.28. The third-order valence-corrected chi connectivity index (χ3v) is 2.77. The second kappa shape index (κ2) is 7.81. The van der Waals surface area contributed by atoms with E-state index >= 15 is 0 Å². The zero-order valence-corrected chi connectivity index (χ0v) is 9.97. The number of halogens is 3. The number of amides is 1. The minimum absolute atomic E-state index is 0.169. The molecule has 0 saturated carbocycles. The van der Waals surface area contributed by atoms with Gasteiger partial charge in [0, 0.05) is 6.54 Å². The molecule has 2 N–H and O–H groups in total. The maximum absolute atomic E-state index is 12.0. The maximum atomic E-state index is 12.0. The Morgan fingerprint density at radius 3 is 2.12 bits per heavy atom. The van der Waals surface area contributed by atoms with Gasteiger partial charge in [-0.3, -0.25) is 4.79 Å². The molecule has 1 amide bonds. The van der Waals surface area contributed by atoms with E-state index in [0.717, 1.165) is 6.42 Å². The van der Waals surface area contributed by atoms with Crippen LogP contribution in [0, 0.1) is 0 Å². The van der Waals surface area contributed by atoms with E-state index in [9.17, 15) is 27.8 Å². The molecule has 9 heteroatoms. The molecule has 0 fully saturated rings. The lowest BCUT2D eigenvalue weighted by molar-refractivity contribution is -0.306. The van der Waals surface area contributed by atoms with Gasteiger partial charge in [0.05, 0.1) is 0 Å². The maximum Gasteiger partial charge on any atom is 0.471 e. The molecular weight excluding hydrogens is 260 g/mol. The first kappa shape index (κ1) is 16.6. The van der Waals surface area contributed by atoms with Crippen LogP contribution < -0.4 is 15.5 Å². The van der Waals surface area contributed by atoms with Gasteiger partial charge < -0.3 is 20.2 Å². The van der Waals surface area contributed by atoms with Crippen LogP contribution in [0.4, 0.5) is 13.2 Å². The minimum atomic E-state index is -5.16. The molecule has 0 atom stereocenters. The summed E-state index contributed by atoms with van der Waals surface area (Å²) >= 11 is 0. The Bertz CT molecular complexity index is 239. The first-order chi connectivity index (χ1) is 7.80. The van der Waals surface area contributed by atoms with E-state index in [-0.39, 0.29) is 11.1 Å². The summed E-state index contributed by atoms with van der Waals surface area (Å²) in [4.78, 5) is 31.8. The summed E-state index contributed by atoms with van der Waals surface area (Å²) in [6.07, 6.45) is -3.02. The predicted octanol–water partition coefficient (Wildman–Crippen LogP) is -0.156. The Morgan fingerprint density at radius 2 is 1.71 bits per heavy atom. The van der Waals surface area contributed by atoms with Crippen LogP contribution in [0.15, 0.2) is 0 Å². The van der Waals surface area contributed by atoms with Crippen LogP contribution in [0.2, 0.25) is 0 Å². The number of hydrogen-bond acceptors (Lipinski definition) is 4. The van der Waals surface area contributed by atoms with Crippen LogP contribution in [-0.4, -0.2) is 29.8 Å². The Kier molecular flexibility index (Phi) is 7.61. The summed E-state index contributed by atoms with van der Waals surface area (Å²) in [7, 11) is -3.55. The predicted molar refractivity (Wildman–Crippen MR) is 52.2 cm³/mol. The average molecular weight is 274 g/mol. The topological polar surface area (TPSA) is 92.5 Å². The molecule has 0 bridgehead atoms. The third kappa shape index (κ3) is 6.78. The fourth-order valence-corrected chi connectivity index (χ4v) is 1.73. The zero-order chi connectivity index (χ0) is 13.5. The molecule has 0 aliphatic carbocycles. The lowest BCUT2D eigenvalue weighted by atomic mass is 10.2. The number of carbonyl (C=O) groups is 1. The Balaban J connectivity index is 4.13. The van der Waals surface area contributed by atoms with Gasteiger partial charge in [-0.1, -0.05) is 12.8 Å². The van der Waals surface area contributed by atoms with Gasteiger partial charge in [-0.2, -0.15) is 21.7 Å². The third-order valence-electron chi connectivity index (χ3n) is 2.00. The smallest absolute Gasteiger partial charge is 0.471 e. The van der Waals surface area contributed by atoms with E-state index < -0.39 is 27.2 Å². The summed E-state index contributed by atoms with van der Waals surface area (Å²) in [5, 5.41) is 0. The molecule has 0 aromatic heterocycles. The Hall–Kier alpha value is -0.430. The van der Waals surface area contributed by atoms with Gasteiger partial charge >= 0.3 is 12.1 Å². The molecular formula is C8H14F3N2O3P-2. The molecule has 0 aliphatic heterocycles. The Morgan fingerprint density at radius 1 is 1.18 bits per heavy atom. The van der Waals surface area contributed by atoms with Crippen molar-refractivity contribution in [1.82, 2.24) is 4.67 Å². The highest BCUT2D eigenvalue weighted by atomic mass is 31.2. The minimum Gasteiger partial charge on any atom is -0.825 e. The van der Waals surface area contributed by atoms with E-state index in [1.54, 1.807) is 0 Å². The summed E-state index contributed by atoms with van der Waals surface area (Å²) in [6.45, 7) is 0.0304. The molecule has 0 saturated heterocycles. The fraction of sp³-hybridized carbons (Fsp3) is 0.875. The van der Waals surface area contributed by atoms with Gasteiger partial charge in [-0.15, -0.1) is 0 Å². The van der Waals surface area contributed by atoms with E-state index in [1.165, 1.54) is 0 Å². The summed E-state index contributed by atoms with van der Waals surface area (Å²) in [5.41, 5.74) is 5.21. The molecule has 17 heavy (non-hydrogen) atoms. The number of carbonyl (C=O) groups excluding carboxylic acids is 1. The van der Waals surface area contributed by atoms with Crippen LogP contribution >= 0.6 is 8.53 Å². The van der Waals surface area contributed by atoms with Crippen LogP contribution in [0.25, 0.3) is 0 Å². The molecule has 0 rings (SSSR count). The van der Waals surface area contributed by atoms with Crippen molar-refractivity contribution < 1.29 is 27.8 Å². The highest BCUT2D eigenvalue weighted by molar-refractivity contribution is 7.40. The lowest BCUT2D eigenvalue weighted by Crippen LogP contribution is -2.42. The highest BCUT2D eigenvalue weighted by Gasteiger charge is 2.41. The molecule has 0 heterocycles. The molecule has 0 spiro atoms. The van der Waals surface area contributed by atoms with Crippen molar-refractivity contribution in [2.45, 2.75) is 31.9 Å². The van der Waals surface area contributed by atoms with E-state index in [4.69, 9.17) is 5.73 Å².